The number of fused-ring (bicyclic) bond motifs is 10. The molecule has 0 atom stereocenters. The Hall–Kier alpha value is -6.86. The number of hydrogen-bond acceptors (Lipinski definition) is 11. The number of imidazole rings is 2. The van der Waals surface area contributed by atoms with Gasteiger partial charge in [0, 0.05) is 74.3 Å². The number of nitrogen functional groups attached to an aromatic ring is 1. The predicted molar refractivity (Wildman–Crippen MR) is 218 cm³/mol. The van der Waals surface area contributed by atoms with E-state index in [0.29, 0.717) is 64.9 Å². The number of nitrogens with one attached hydrogen (secondary N) is 1. The van der Waals surface area contributed by atoms with E-state index >= 15 is 0 Å². The van der Waals surface area contributed by atoms with E-state index in [9.17, 15) is 36.5 Å². The Morgan fingerprint density at radius 1 is 0.649 bits per heavy atom. The molecule has 0 aliphatic heterocycles. The van der Waals surface area contributed by atoms with Crippen LogP contribution in [-0.2, 0) is 20.0 Å². The van der Waals surface area contributed by atoms with E-state index in [1.807, 2.05) is 0 Å². The number of nitrogens with two attached hydrogens (primary N) is 1. The second-order valence-corrected chi connectivity index (χ2v) is 18.3. The minimum Gasteiger partial charge on any atom is -0.398 e. The maximum atomic E-state index is 14.4. The summed E-state index contributed by atoms with van der Waals surface area (Å²) in [5.74, 6) is 0. The highest BCUT2D eigenvalue weighted by Crippen LogP contribution is 2.50. The van der Waals surface area contributed by atoms with E-state index in [-0.39, 0.29) is 54.3 Å². The first-order chi connectivity index (χ1) is 27.1. The average Bonchev–Trinajstić information content (AvgIpc) is 3.77. The SMILES string of the molecule is CNS(=O)(=O)c1ccc2c(c1)nc1c3cc(N)c4c5ccc6c(=O)n7c8ccc(S(=O)(=O)N(C)C)cc8nc7c7cc([N+](=O)[O-])c(c8ccc(c(=O)n21)c3c84)c5c67. The number of rotatable bonds is 5. The molecule has 7 aromatic carbocycles. The van der Waals surface area contributed by atoms with Crippen molar-refractivity contribution in [2.45, 2.75) is 9.79 Å². The van der Waals surface area contributed by atoms with Gasteiger partial charge in [0.2, 0.25) is 20.0 Å². The van der Waals surface area contributed by atoms with E-state index in [2.05, 4.69) is 4.72 Å². The van der Waals surface area contributed by atoms with E-state index in [1.165, 1.54) is 72.4 Å². The number of nitrogens with zero attached hydrogens (tertiary/aromatic N) is 6. The van der Waals surface area contributed by atoms with Gasteiger partial charge >= 0.3 is 0 Å². The van der Waals surface area contributed by atoms with Gasteiger partial charge in [0.25, 0.3) is 16.8 Å². The summed E-state index contributed by atoms with van der Waals surface area (Å²) in [7, 11) is -3.56. The third-order valence-electron chi connectivity index (χ3n) is 11.3. The molecule has 0 spiro atoms. The number of pyridine rings is 2. The van der Waals surface area contributed by atoms with Crippen LogP contribution in [0.3, 0.4) is 0 Å². The van der Waals surface area contributed by atoms with Crippen LogP contribution in [0.15, 0.2) is 92.2 Å². The van der Waals surface area contributed by atoms with Crippen molar-refractivity contribution in [1.29, 1.82) is 0 Å². The highest BCUT2D eigenvalue weighted by molar-refractivity contribution is 7.89. The third kappa shape index (κ3) is 3.96. The van der Waals surface area contributed by atoms with Crippen molar-refractivity contribution in [3.05, 3.63) is 104 Å². The Kier molecular flexibility index (Phi) is 6.17. The van der Waals surface area contributed by atoms with Crippen LogP contribution in [0.25, 0.3) is 98.0 Å². The Balaban J connectivity index is 1.32. The lowest BCUT2D eigenvalue weighted by Gasteiger charge is -2.19. The molecule has 3 N–H and O–H groups in total. The second kappa shape index (κ2) is 10.5. The summed E-state index contributed by atoms with van der Waals surface area (Å²) >= 11 is 0. The van der Waals surface area contributed by atoms with Crippen LogP contribution in [0.5, 0.6) is 0 Å². The molecular formula is C39H24N8O8S2. The van der Waals surface area contributed by atoms with Crippen molar-refractivity contribution < 1.29 is 21.8 Å². The molecule has 0 unspecified atom stereocenters. The molecule has 4 aromatic heterocycles. The van der Waals surface area contributed by atoms with E-state index in [4.69, 9.17) is 15.7 Å². The molecule has 16 nitrogen and oxygen atoms in total. The Bertz CT molecular complexity index is 4070. The van der Waals surface area contributed by atoms with Crippen LogP contribution in [-0.4, -0.2) is 66.0 Å². The van der Waals surface area contributed by atoms with Crippen LogP contribution < -0.4 is 21.6 Å². The zero-order valence-corrected chi connectivity index (χ0v) is 31.4. The molecule has 18 heteroatoms. The number of non-ortho nitro benzene ring substituents is 1. The Morgan fingerprint density at radius 3 is 1.68 bits per heavy atom. The van der Waals surface area contributed by atoms with Crippen LogP contribution in [0.4, 0.5) is 11.4 Å². The van der Waals surface area contributed by atoms with Gasteiger partial charge in [-0.15, -0.1) is 0 Å². The van der Waals surface area contributed by atoms with Crippen molar-refractivity contribution >= 4 is 129 Å². The van der Waals surface area contributed by atoms with Crippen molar-refractivity contribution in [3.63, 3.8) is 0 Å². The molecule has 0 amide bonds. The first-order valence-corrected chi connectivity index (χ1v) is 20.3. The maximum absolute atomic E-state index is 14.4. The predicted octanol–water partition coefficient (Wildman–Crippen LogP) is 4.89. The average molecular weight is 797 g/mol. The molecule has 0 radical (unpaired) electrons. The van der Waals surface area contributed by atoms with E-state index in [0.717, 1.165) is 4.31 Å². The molecule has 0 saturated heterocycles. The molecule has 0 aliphatic carbocycles. The van der Waals surface area contributed by atoms with Gasteiger partial charge in [-0.1, -0.05) is 12.1 Å². The molecule has 4 heterocycles. The zero-order chi connectivity index (χ0) is 39.8. The summed E-state index contributed by atoms with van der Waals surface area (Å²) < 4.78 is 57.3. The lowest BCUT2D eigenvalue weighted by Crippen LogP contribution is -2.22. The smallest absolute Gasteiger partial charge is 0.278 e. The van der Waals surface area contributed by atoms with Crippen molar-refractivity contribution in [3.8, 4) is 0 Å². The lowest BCUT2D eigenvalue weighted by molar-refractivity contribution is -0.382. The summed E-state index contributed by atoms with van der Waals surface area (Å²) in [5, 5.41) is 17.9. The largest absolute Gasteiger partial charge is 0.398 e. The van der Waals surface area contributed by atoms with Crippen molar-refractivity contribution in [1.82, 2.24) is 27.8 Å². The number of sulfonamides is 2. The fourth-order valence-electron chi connectivity index (χ4n) is 8.76. The molecule has 57 heavy (non-hydrogen) atoms. The molecule has 0 saturated carbocycles. The van der Waals surface area contributed by atoms with Crippen LogP contribution in [0.1, 0.15) is 0 Å². The van der Waals surface area contributed by atoms with Crippen LogP contribution in [0.2, 0.25) is 0 Å². The molecule has 11 rings (SSSR count). The van der Waals surface area contributed by atoms with Crippen molar-refractivity contribution in [2.24, 2.45) is 0 Å². The fraction of sp³-hybridized carbons (Fsp3) is 0.0769. The van der Waals surface area contributed by atoms with Gasteiger partial charge < -0.3 is 5.73 Å². The highest BCUT2D eigenvalue weighted by atomic mass is 32.2. The molecule has 0 fully saturated rings. The Labute approximate surface area is 318 Å². The Morgan fingerprint density at radius 2 is 1.14 bits per heavy atom. The van der Waals surface area contributed by atoms with E-state index in [1.54, 1.807) is 30.3 Å². The van der Waals surface area contributed by atoms with Crippen LogP contribution in [0, 0.1) is 10.1 Å². The summed E-state index contributed by atoms with van der Waals surface area (Å²) in [6.07, 6.45) is 0. The second-order valence-electron chi connectivity index (χ2n) is 14.2. The van der Waals surface area contributed by atoms with Crippen molar-refractivity contribution in [2.75, 3.05) is 26.9 Å². The summed E-state index contributed by atoms with van der Waals surface area (Å²) in [4.78, 5) is 50.8. The quantitative estimate of drug-likeness (QED) is 0.0785. The maximum Gasteiger partial charge on any atom is 0.278 e. The number of hydrogen-bond donors (Lipinski definition) is 2. The number of anilines is 1. The highest BCUT2D eigenvalue weighted by Gasteiger charge is 2.30. The van der Waals surface area contributed by atoms with Gasteiger partial charge in [0.1, 0.15) is 11.3 Å². The summed E-state index contributed by atoms with van der Waals surface area (Å²) in [6, 6.07) is 18.2. The van der Waals surface area contributed by atoms with Gasteiger partial charge in [-0.05, 0) is 72.4 Å². The minimum absolute atomic E-state index is 0.0313. The fourth-order valence-corrected chi connectivity index (χ4v) is 10.4. The van der Waals surface area contributed by atoms with Gasteiger partial charge in [-0.25, -0.2) is 35.8 Å². The molecule has 0 bridgehead atoms. The minimum atomic E-state index is -3.85. The normalized spacial score (nSPS) is 13.3. The third-order valence-corrected chi connectivity index (χ3v) is 14.5. The van der Waals surface area contributed by atoms with Gasteiger partial charge in [-0.3, -0.25) is 28.5 Å². The number of nitro groups is 1. The monoisotopic (exact) mass is 796 g/mol. The van der Waals surface area contributed by atoms with Gasteiger partial charge in [0.15, 0.2) is 0 Å². The molecule has 280 valence electrons. The molecular weight excluding hydrogens is 773 g/mol. The van der Waals surface area contributed by atoms with Gasteiger partial charge in [0.05, 0.1) is 42.2 Å². The first-order valence-electron chi connectivity index (χ1n) is 17.3. The zero-order valence-electron chi connectivity index (χ0n) is 29.8. The van der Waals surface area contributed by atoms with Crippen LogP contribution >= 0.6 is 0 Å². The molecule has 11 aromatic rings. The van der Waals surface area contributed by atoms with E-state index < -0.39 is 36.1 Å². The number of nitro benzene ring substituents is 1. The number of benzene rings is 7. The summed E-state index contributed by atoms with van der Waals surface area (Å²) in [5.41, 5.74) is 7.59. The first kappa shape index (κ1) is 33.5. The summed E-state index contributed by atoms with van der Waals surface area (Å²) in [6.45, 7) is 0. The standard InChI is InChI=1S/C39H24N8O8S2/c1-41-56(52,53)16-4-10-27-25(12-16)42-36-22-14-24(40)32-18-6-8-21-31-23(37-43-26-13-17(57(54,55)44(2)3)5-11-28(26)46(37)39(21)49)15-29(47(50)51)33(35(18)31)19-7-9-20(30(22)34(19)32)38(48)45(27)36/h4-15,41H,40H2,1-3H3. The lowest BCUT2D eigenvalue weighted by atomic mass is 9.84. The molecule has 0 aliphatic rings. The van der Waals surface area contributed by atoms with Gasteiger partial charge in [-0.2, -0.15) is 0 Å². The number of aromatic nitrogens is 4. The topological polar surface area (TPSA) is 221 Å².